The van der Waals surface area contributed by atoms with Gasteiger partial charge in [-0.25, -0.2) is 0 Å². The number of carbonyl (C=O) groups excluding carboxylic acids is 1. The molecule has 1 saturated heterocycles. The van der Waals surface area contributed by atoms with E-state index in [0.29, 0.717) is 6.42 Å². The molecule has 0 aromatic carbocycles. The van der Waals surface area contributed by atoms with Crippen LogP contribution in [0.4, 0.5) is 5.69 Å². The van der Waals surface area contributed by atoms with E-state index in [2.05, 4.69) is 10.3 Å². The number of hydrogen-bond acceptors (Lipinski definition) is 4. The molecule has 0 spiro atoms. The molecule has 98 valence electrons. The fourth-order valence-electron chi connectivity index (χ4n) is 2.17. The maximum atomic E-state index is 11.4. The van der Waals surface area contributed by atoms with E-state index >= 15 is 0 Å². The molecule has 0 saturated carbocycles. The normalized spacial score (nSPS) is 19.8. The zero-order chi connectivity index (χ0) is 13.1. The van der Waals surface area contributed by atoms with Gasteiger partial charge < -0.3 is 15.0 Å². The predicted octanol–water partition coefficient (Wildman–Crippen LogP) is 1.43. The van der Waals surface area contributed by atoms with Crippen LogP contribution >= 0.6 is 0 Å². The van der Waals surface area contributed by atoms with Crippen molar-refractivity contribution in [1.29, 1.82) is 0 Å². The minimum absolute atomic E-state index is 0.214. The van der Waals surface area contributed by atoms with Gasteiger partial charge in [0, 0.05) is 31.7 Å². The SMILES string of the molecule is COc1cnc(C)cc1NC1CCC(=O)N(C)C1. The fourth-order valence-corrected chi connectivity index (χ4v) is 2.17. The number of rotatable bonds is 3. The molecule has 1 aliphatic heterocycles. The molecule has 2 heterocycles. The summed E-state index contributed by atoms with van der Waals surface area (Å²) in [4.78, 5) is 17.4. The number of piperidine rings is 1. The molecule has 0 aliphatic carbocycles. The maximum Gasteiger partial charge on any atom is 0.222 e. The van der Waals surface area contributed by atoms with E-state index in [-0.39, 0.29) is 11.9 Å². The first kappa shape index (κ1) is 12.7. The van der Waals surface area contributed by atoms with Crippen molar-refractivity contribution in [2.75, 3.05) is 26.0 Å². The van der Waals surface area contributed by atoms with Gasteiger partial charge in [-0.05, 0) is 19.4 Å². The van der Waals surface area contributed by atoms with Crippen molar-refractivity contribution in [3.8, 4) is 5.75 Å². The molecular formula is C13H19N3O2. The van der Waals surface area contributed by atoms with Gasteiger partial charge in [-0.15, -0.1) is 0 Å². The number of methoxy groups -OCH3 is 1. The second kappa shape index (κ2) is 5.25. The van der Waals surface area contributed by atoms with Crippen molar-refractivity contribution in [3.05, 3.63) is 18.0 Å². The van der Waals surface area contributed by atoms with Crippen LogP contribution in [0.5, 0.6) is 5.75 Å². The fraction of sp³-hybridized carbons (Fsp3) is 0.538. The summed E-state index contributed by atoms with van der Waals surface area (Å²) in [6, 6.07) is 2.23. The van der Waals surface area contributed by atoms with Crippen LogP contribution in [0.3, 0.4) is 0 Å². The van der Waals surface area contributed by atoms with E-state index in [0.717, 1.165) is 30.1 Å². The summed E-state index contributed by atoms with van der Waals surface area (Å²) in [5, 5.41) is 3.43. The number of carbonyl (C=O) groups is 1. The van der Waals surface area contributed by atoms with Crippen LogP contribution in [0, 0.1) is 6.92 Å². The first-order chi connectivity index (χ1) is 8.60. The van der Waals surface area contributed by atoms with E-state index in [1.54, 1.807) is 18.2 Å². The highest BCUT2D eigenvalue weighted by atomic mass is 16.5. The topological polar surface area (TPSA) is 54.5 Å². The van der Waals surface area contributed by atoms with Crippen molar-refractivity contribution in [2.24, 2.45) is 0 Å². The van der Waals surface area contributed by atoms with Gasteiger partial charge in [0.15, 0.2) is 5.75 Å². The minimum atomic E-state index is 0.214. The van der Waals surface area contributed by atoms with E-state index in [4.69, 9.17) is 4.74 Å². The minimum Gasteiger partial charge on any atom is -0.493 e. The van der Waals surface area contributed by atoms with Crippen molar-refractivity contribution in [3.63, 3.8) is 0 Å². The van der Waals surface area contributed by atoms with E-state index in [9.17, 15) is 4.79 Å². The van der Waals surface area contributed by atoms with Gasteiger partial charge in [0.05, 0.1) is 19.0 Å². The zero-order valence-electron chi connectivity index (χ0n) is 11.1. The van der Waals surface area contributed by atoms with Crippen LogP contribution in [0.15, 0.2) is 12.3 Å². The number of anilines is 1. The number of pyridine rings is 1. The predicted molar refractivity (Wildman–Crippen MR) is 69.8 cm³/mol. The lowest BCUT2D eigenvalue weighted by Crippen LogP contribution is -2.43. The summed E-state index contributed by atoms with van der Waals surface area (Å²) in [6.07, 6.45) is 3.17. The van der Waals surface area contributed by atoms with Crippen LogP contribution in [-0.2, 0) is 4.79 Å². The molecule has 1 aliphatic rings. The number of likely N-dealkylation sites (N-methyl/N-ethyl adjacent to an activating group) is 1. The Morgan fingerprint density at radius 1 is 1.56 bits per heavy atom. The number of amides is 1. The van der Waals surface area contributed by atoms with Gasteiger partial charge >= 0.3 is 0 Å². The molecule has 1 aromatic heterocycles. The summed E-state index contributed by atoms with van der Waals surface area (Å²) in [5.74, 6) is 0.950. The average molecular weight is 249 g/mol. The lowest BCUT2D eigenvalue weighted by atomic mass is 10.1. The first-order valence-electron chi connectivity index (χ1n) is 6.11. The van der Waals surface area contributed by atoms with Crippen molar-refractivity contribution in [1.82, 2.24) is 9.88 Å². The highest BCUT2D eigenvalue weighted by molar-refractivity contribution is 5.77. The molecule has 0 bridgehead atoms. The third kappa shape index (κ3) is 2.72. The molecule has 0 radical (unpaired) electrons. The molecular weight excluding hydrogens is 230 g/mol. The lowest BCUT2D eigenvalue weighted by molar-refractivity contribution is -0.132. The average Bonchev–Trinajstić information content (AvgIpc) is 2.34. The second-order valence-corrected chi connectivity index (χ2v) is 4.68. The molecule has 1 fully saturated rings. The summed E-state index contributed by atoms with van der Waals surface area (Å²) in [7, 11) is 3.47. The van der Waals surface area contributed by atoms with Crippen LogP contribution in [-0.4, -0.2) is 42.5 Å². The van der Waals surface area contributed by atoms with Crippen molar-refractivity contribution < 1.29 is 9.53 Å². The largest absolute Gasteiger partial charge is 0.493 e. The quantitative estimate of drug-likeness (QED) is 0.880. The van der Waals surface area contributed by atoms with E-state index < -0.39 is 0 Å². The number of aromatic nitrogens is 1. The molecule has 18 heavy (non-hydrogen) atoms. The highest BCUT2D eigenvalue weighted by Crippen LogP contribution is 2.26. The summed E-state index contributed by atoms with van der Waals surface area (Å²) in [5.41, 5.74) is 1.89. The third-order valence-electron chi connectivity index (χ3n) is 3.21. The number of nitrogens with one attached hydrogen (secondary N) is 1. The van der Waals surface area contributed by atoms with Gasteiger partial charge in [0.2, 0.25) is 5.91 Å². The van der Waals surface area contributed by atoms with Crippen LogP contribution in [0.1, 0.15) is 18.5 Å². The Bertz CT molecular complexity index is 448. The third-order valence-corrected chi connectivity index (χ3v) is 3.21. The molecule has 1 amide bonds. The Labute approximate surface area is 107 Å². The van der Waals surface area contributed by atoms with Crippen LogP contribution in [0.2, 0.25) is 0 Å². The van der Waals surface area contributed by atoms with Gasteiger partial charge in [0.25, 0.3) is 0 Å². The number of likely N-dealkylation sites (tertiary alicyclic amines) is 1. The molecule has 5 heteroatoms. The molecule has 1 atom stereocenters. The Balaban J connectivity index is 2.09. The Hall–Kier alpha value is -1.78. The van der Waals surface area contributed by atoms with Gasteiger partial charge in [-0.2, -0.15) is 0 Å². The van der Waals surface area contributed by atoms with Gasteiger partial charge in [-0.1, -0.05) is 0 Å². The summed E-state index contributed by atoms with van der Waals surface area (Å²) >= 11 is 0. The molecule has 1 unspecified atom stereocenters. The molecule has 1 N–H and O–H groups in total. The number of ether oxygens (including phenoxy) is 1. The molecule has 5 nitrogen and oxygen atoms in total. The highest BCUT2D eigenvalue weighted by Gasteiger charge is 2.23. The Morgan fingerprint density at radius 3 is 3.00 bits per heavy atom. The standard InChI is InChI=1S/C13H19N3O2/c1-9-6-11(12(18-3)7-14-9)15-10-4-5-13(17)16(2)8-10/h6-7,10H,4-5,8H2,1-3H3,(H,14,15). The maximum absolute atomic E-state index is 11.4. The van der Waals surface area contributed by atoms with Crippen LogP contribution < -0.4 is 10.1 Å². The second-order valence-electron chi connectivity index (χ2n) is 4.68. The van der Waals surface area contributed by atoms with E-state index in [1.165, 1.54) is 0 Å². The van der Waals surface area contributed by atoms with Crippen LogP contribution in [0.25, 0.3) is 0 Å². The number of aryl methyl sites for hydroxylation is 1. The summed E-state index contributed by atoms with van der Waals surface area (Å²) < 4.78 is 5.28. The Kier molecular flexibility index (Phi) is 3.69. The Morgan fingerprint density at radius 2 is 2.33 bits per heavy atom. The monoisotopic (exact) mass is 249 g/mol. The van der Waals surface area contributed by atoms with Crippen molar-refractivity contribution in [2.45, 2.75) is 25.8 Å². The van der Waals surface area contributed by atoms with Gasteiger partial charge in [-0.3, -0.25) is 9.78 Å². The lowest BCUT2D eigenvalue weighted by Gasteiger charge is -2.31. The zero-order valence-corrected chi connectivity index (χ0v) is 11.1. The van der Waals surface area contributed by atoms with Crippen molar-refractivity contribution >= 4 is 11.6 Å². The molecule has 2 rings (SSSR count). The number of nitrogens with zero attached hydrogens (tertiary/aromatic N) is 2. The smallest absolute Gasteiger partial charge is 0.222 e. The summed E-state index contributed by atoms with van der Waals surface area (Å²) in [6.45, 7) is 2.67. The number of hydrogen-bond donors (Lipinski definition) is 1. The van der Waals surface area contributed by atoms with Gasteiger partial charge in [0.1, 0.15) is 0 Å². The molecule has 1 aromatic rings. The first-order valence-corrected chi connectivity index (χ1v) is 6.11. The van der Waals surface area contributed by atoms with E-state index in [1.807, 2.05) is 20.0 Å².